The standard InChI is InChI=1S/C45H27N3O/c1-3-13-28(14-4-1)37-26-32(27-40-42(37)41-34-20-10-7-15-29(34)23-24-39(41)49-40)44-46-43(30-16-5-2-6-17-30)47-45(48-44)38-25-31-18-8-9-19-33(31)35-21-11-12-22-36(35)38/h1-27H. The highest BCUT2D eigenvalue weighted by molar-refractivity contribution is 6.23. The molecule has 0 N–H and O–H groups in total. The molecule has 0 atom stereocenters. The molecule has 0 saturated carbocycles. The van der Waals surface area contributed by atoms with Crippen molar-refractivity contribution in [2.45, 2.75) is 0 Å². The van der Waals surface area contributed by atoms with Crippen molar-refractivity contribution >= 4 is 54.3 Å². The van der Waals surface area contributed by atoms with E-state index in [1.54, 1.807) is 0 Å². The van der Waals surface area contributed by atoms with Crippen molar-refractivity contribution in [3.05, 3.63) is 164 Å². The lowest BCUT2D eigenvalue weighted by molar-refractivity contribution is 0.669. The number of benzene rings is 8. The Hall–Kier alpha value is -6.65. The molecular formula is C45H27N3O. The third kappa shape index (κ3) is 4.49. The molecule has 0 aliphatic carbocycles. The SMILES string of the molecule is c1ccc(-c2nc(-c3cc(-c4ccccc4)c4c(c3)oc3ccc5ccccc5c34)nc(-c3cc4ccccc4c4ccccc34)n2)cc1. The van der Waals surface area contributed by atoms with E-state index in [0.29, 0.717) is 17.5 Å². The molecular weight excluding hydrogens is 599 g/mol. The van der Waals surface area contributed by atoms with Crippen molar-refractivity contribution in [1.29, 1.82) is 0 Å². The average Bonchev–Trinajstić information content (AvgIpc) is 3.57. The molecule has 0 spiro atoms. The summed E-state index contributed by atoms with van der Waals surface area (Å²) in [7, 11) is 0. The number of furan rings is 1. The Morgan fingerprint density at radius 3 is 1.69 bits per heavy atom. The summed E-state index contributed by atoms with van der Waals surface area (Å²) in [6, 6.07) is 56.8. The van der Waals surface area contributed by atoms with E-state index < -0.39 is 0 Å². The van der Waals surface area contributed by atoms with Crippen LogP contribution in [0.15, 0.2) is 168 Å². The van der Waals surface area contributed by atoms with Gasteiger partial charge >= 0.3 is 0 Å². The number of fused-ring (bicyclic) bond motifs is 8. The highest BCUT2D eigenvalue weighted by Crippen LogP contribution is 2.43. The first-order valence-corrected chi connectivity index (χ1v) is 16.4. The van der Waals surface area contributed by atoms with Crippen LogP contribution in [0, 0.1) is 0 Å². The second kappa shape index (κ2) is 11.0. The van der Waals surface area contributed by atoms with Crippen LogP contribution in [0.3, 0.4) is 0 Å². The fourth-order valence-corrected chi connectivity index (χ4v) is 7.22. The van der Waals surface area contributed by atoms with E-state index in [1.165, 1.54) is 21.5 Å². The highest BCUT2D eigenvalue weighted by atomic mass is 16.3. The number of rotatable bonds is 4. The minimum atomic E-state index is 0.588. The molecule has 4 heteroatoms. The van der Waals surface area contributed by atoms with Crippen LogP contribution >= 0.6 is 0 Å². The van der Waals surface area contributed by atoms with E-state index in [0.717, 1.165) is 60.5 Å². The van der Waals surface area contributed by atoms with E-state index in [2.05, 4.69) is 127 Å². The van der Waals surface area contributed by atoms with Gasteiger partial charge in [-0.3, -0.25) is 0 Å². The van der Waals surface area contributed by atoms with Crippen LogP contribution in [0.4, 0.5) is 0 Å². The predicted octanol–water partition coefficient (Wildman–Crippen LogP) is 11.9. The van der Waals surface area contributed by atoms with Crippen molar-refractivity contribution in [2.75, 3.05) is 0 Å². The summed E-state index contributed by atoms with van der Waals surface area (Å²) in [6.45, 7) is 0. The lowest BCUT2D eigenvalue weighted by Crippen LogP contribution is -2.01. The van der Waals surface area contributed by atoms with Gasteiger partial charge in [0.15, 0.2) is 17.5 Å². The van der Waals surface area contributed by atoms with Crippen LogP contribution in [0.25, 0.3) is 99.5 Å². The molecule has 0 radical (unpaired) electrons. The molecule has 0 fully saturated rings. The van der Waals surface area contributed by atoms with E-state index in [4.69, 9.17) is 19.4 Å². The van der Waals surface area contributed by atoms with Gasteiger partial charge in [-0.15, -0.1) is 0 Å². The second-order valence-electron chi connectivity index (χ2n) is 12.4. The Bertz CT molecular complexity index is 2880. The first kappa shape index (κ1) is 27.5. The third-order valence-electron chi connectivity index (χ3n) is 9.48. The first-order valence-electron chi connectivity index (χ1n) is 16.4. The lowest BCUT2D eigenvalue weighted by atomic mass is 9.94. The summed E-state index contributed by atoms with van der Waals surface area (Å²) in [5.74, 6) is 1.84. The zero-order valence-corrected chi connectivity index (χ0v) is 26.3. The van der Waals surface area contributed by atoms with Gasteiger partial charge in [-0.2, -0.15) is 0 Å². The molecule has 2 aromatic heterocycles. The Kier molecular flexibility index (Phi) is 6.15. The van der Waals surface area contributed by atoms with Crippen LogP contribution in [-0.2, 0) is 0 Å². The Morgan fingerprint density at radius 1 is 0.327 bits per heavy atom. The van der Waals surface area contributed by atoms with Gasteiger partial charge in [0.2, 0.25) is 0 Å². The molecule has 0 saturated heterocycles. The molecule has 0 bridgehead atoms. The fraction of sp³-hybridized carbons (Fsp3) is 0. The van der Waals surface area contributed by atoms with E-state index >= 15 is 0 Å². The molecule has 4 nitrogen and oxygen atoms in total. The predicted molar refractivity (Wildman–Crippen MR) is 201 cm³/mol. The van der Waals surface area contributed by atoms with Crippen LogP contribution < -0.4 is 0 Å². The quantitative estimate of drug-likeness (QED) is 0.183. The number of aromatic nitrogens is 3. The smallest absolute Gasteiger partial charge is 0.164 e. The van der Waals surface area contributed by atoms with Gasteiger partial charge in [0.25, 0.3) is 0 Å². The maximum atomic E-state index is 6.65. The van der Waals surface area contributed by atoms with Crippen molar-refractivity contribution < 1.29 is 4.42 Å². The van der Waals surface area contributed by atoms with Gasteiger partial charge in [0.1, 0.15) is 11.2 Å². The zero-order chi connectivity index (χ0) is 32.3. The molecule has 8 aromatic carbocycles. The third-order valence-corrected chi connectivity index (χ3v) is 9.48. The van der Waals surface area contributed by atoms with E-state index in [-0.39, 0.29) is 0 Å². The van der Waals surface area contributed by atoms with Gasteiger partial charge in [-0.25, -0.2) is 15.0 Å². The monoisotopic (exact) mass is 625 g/mol. The van der Waals surface area contributed by atoms with Gasteiger partial charge in [0.05, 0.1) is 0 Å². The van der Waals surface area contributed by atoms with Crippen LogP contribution in [-0.4, -0.2) is 15.0 Å². The van der Waals surface area contributed by atoms with Gasteiger partial charge < -0.3 is 4.42 Å². The maximum absolute atomic E-state index is 6.65. The van der Waals surface area contributed by atoms with Crippen LogP contribution in [0.5, 0.6) is 0 Å². The Morgan fingerprint density at radius 2 is 0.918 bits per heavy atom. The molecule has 0 aliphatic rings. The number of nitrogens with zero attached hydrogens (tertiary/aromatic N) is 3. The average molecular weight is 626 g/mol. The first-order chi connectivity index (χ1) is 24.3. The molecule has 10 aromatic rings. The topological polar surface area (TPSA) is 51.8 Å². The van der Waals surface area contributed by atoms with E-state index in [1.807, 2.05) is 36.4 Å². The minimum Gasteiger partial charge on any atom is -0.456 e. The van der Waals surface area contributed by atoms with Gasteiger partial charge in [0, 0.05) is 27.5 Å². The summed E-state index contributed by atoms with van der Waals surface area (Å²) in [6.07, 6.45) is 0. The molecule has 0 unspecified atom stereocenters. The molecule has 0 aliphatic heterocycles. The molecule has 228 valence electrons. The summed E-state index contributed by atoms with van der Waals surface area (Å²) < 4.78 is 6.65. The maximum Gasteiger partial charge on any atom is 0.164 e. The van der Waals surface area contributed by atoms with Crippen molar-refractivity contribution in [1.82, 2.24) is 15.0 Å². The van der Waals surface area contributed by atoms with Crippen LogP contribution in [0.1, 0.15) is 0 Å². The number of hydrogen-bond acceptors (Lipinski definition) is 4. The lowest BCUT2D eigenvalue weighted by Gasteiger charge is -2.13. The second-order valence-corrected chi connectivity index (χ2v) is 12.4. The molecule has 2 heterocycles. The van der Waals surface area contributed by atoms with Crippen molar-refractivity contribution in [3.8, 4) is 45.3 Å². The molecule has 49 heavy (non-hydrogen) atoms. The minimum absolute atomic E-state index is 0.588. The van der Waals surface area contributed by atoms with Crippen molar-refractivity contribution in [2.24, 2.45) is 0 Å². The van der Waals surface area contributed by atoms with Gasteiger partial charge in [-0.05, 0) is 67.7 Å². The normalized spacial score (nSPS) is 11.7. The summed E-state index contributed by atoms with van der Waals surface area (Å²) in [5, 5.41) is 9.15. The largest absolute Gasteiger partial charge is 0.456 e. The number of hydrogen-bond donors (Lipinski definition) is 0. The van der Waals surface area contributed by atoms with E-state index in [9.17, 15) is 0 Å². The highest BCUT2D eigenvalue weighted by Gasteiger charge is 2.20. The Labute approximate surface area is 282 Å². The molecule has 10 rings (SSSR count). The van der Waals surface area contributed by atoms with Crippen molar-refractivity contribution in [3.63, 3.8) is 0 Å². The van der Waals surface area contributed by atoms with Gasteiger partial charge in [-0.1, -0.05) is 140 Å². The fourth-order valence-electron chi connectivity index (χ4n) is 7.22. The summed E-state index contributed by atoms with van der Waals surface area (Å²) in [4.78, 5) is 15.5. The molecule has 0 amide bonds. The van der Waals surface area contributed by atoms with Crippen LogP contribution in [0.2, 0.25) is 0 Å². The Balaban J connectivity index is 1.29. The summed E-state index contributed by atoms with van der Waals surface area (Å²) in [5.41, 5.74) is 6.58. The zero-order valence-electron chi connectivity index (χ0n) is 26.3. The summed E-state index contributed by atoms with van der Waals surface area (Å²) >= 11 is 0.